The number of likely N-dealkylation sites (tertiary alicyclic amines) is 1. The molecule has 1 aromatic heterocycles. The number of aliphatic hydroxyl groups excluding tert-OH is 1. The van der Waals surface area contributed by atoms with Crippen molar-refractivity contribution in [1.82, 2.24) is 19.9 Å². The molecule has 1 aliphatic heterocycles. The number of hydrogen-bond donors (Lipinski definition) is 1. The van der Waals surface area contributed by atoms with Crippen molar-refractivity contribution in [3.63, 3.8) is 0 Å². The molecule has 2 heterocycles. The predicted octanol–water partition coefficient (Wildman–Crippen LogP) is 1.44. The van der Waals surface area contributed by atoms with Gasteiger partial charge in [0.25, 0.3) is 0 Å². The normalized spacial score (nSPS) is 17.9. The average molecular weight is 321 g/mol. The Labute approximate surface area is 133 Å². The highest BCUT2D eigenvalue weighted by Crippen LogP contribution is 2.22. The molecule has 0 aliphatic carbocycles. The van der Waals surface area contributed by atoms with Crippen LogP contribution in [0.25, 0.3) is 0 Å². The van der Waals surface area contributed by atoms with Gasteiger partial charge in [-0.1, -0.05) is 28.9 Å². The minimum atomic E-state index is -0.119. The van der Waals surface area contributed by atoms with Gasteiger partial charge >= 0.3 is 0 Å². The zero-order chi connectivity index (χ0) is 15.5. The number of carbonyl (C=O) groups is 1. The number of amides is 1. The van der Waals surface area contributed by atoms with Gasteiger partial charge in [0.05, 0.1) is 25.3 Å². The molecule has 1 unspecified atom stereocenters. The summed E-state index contributed by atoms with van der Waals surface area (Å²) >= 11 is 5.85. The van der Waals surface area contributed by atoms with Crippen LogP contribution in [0.1, 0.15) is 23.7 Å². The molecule has 7 heteroatoms. The molecule has 1 amide bonds. The van der Waals surface area contributed by atoms with E-state index in [2.05, 4.69) is 10.3 Å². The first kappa shape index (κ1) is 15.0. The lowest BCUT2D eigenvalue weighted by atomic mass is 10.1. The largest absolute Gasteiger partial charge is 0.390 e. The van der Waals surface area contributed by atoms with Gasteiger partial charge in [-0.15, -0.1) is 5.10 Å². The van der Waals surface area contributed by atoms with E-state index in [0.717, 1.165) is 12.0 Å². The number of benzene rings is 1. The molecule has 0 bridgehead atoms. The quantitative estimate of drug-likeness (QED) is 0.925. The van der Waals surface area contributed by atoms with E-state index in [1.54, 1.807) is 23.0 Å². The molecule has 1 aliphatic rings. The predicted molar refractivity (Wildman–Crippen MR) is 81.3 cm³/mol. The van der Waals surface area contributed by atoms with E-state index in [9.17, 15) is 4.79 Å². The lowest BCUT2D eigenvalue weighted by molar-refractivity contribution is -0.129. The van der Waals surface area contributed by atoms with Crippen molar-refractivity contribution in [1.29, 1.82) is 0 Å². The van der Waals surface area contributed by atoms with E-state index in [4.69, 9.17) is 16.7 Å². The molecule has 22 heavy (non-hydrogen) atoms. The van der Waals surface area contributed by atoms with Crippen molar-refractivity contribution >= 4 is 17.5 Å². The fraction of sp³-hybridized carbons (Fsp3) is 0.400. The number of halogens is 1. The standard InChI is InChI=1S/C15H17ClN4O2/c16-12-3-1-11(2-4-12)7-15(22)19-6-5-14(9-19)20-8-13(10-21)17-18-20/h1-4,8,14,21H,5-7,9-10H2. The summed E-state index contributed by atoms with van der Waals surface area (Å²) in [5.74, 6) is 0.104. The third kappa shape index (κ3) is 3.28. The number of rotatable bonds is 4. The van der Waals surface area contributed by atoms with Crippen molar-refractivity contribution in [2.24, 2.45) is 0 Å². The van der Waals surface area contributed by atoms with Gasteiger partial charge in [-0.05, 0) is 24.1 Å². The Morgan fingerprint density at radius 2 is 2.14 bits per heavy atom. The average Bonchev–Trinajstić information content (AvgIpc) is 3.18. The minimum Gasteiger partial charge on any atom is -0.390 e. The summed E-state index contributed by atoms with van der Waals surface area (Å²) in [7, 11) is 0. The molecule has 2 aromatic rings. The van der Waals surface area contributed by atoms with E-state index in [1.807, 2.05) is 17.0 Å². The van der Waals surface area contributed by atoms with E-state index in [1.165, 1.54) is 0 Å². The highest BCUT2D eigenvalue weighted by atomic mass is 35.5. The zero-order valence-electron chi connectivity index (χ0n) is 12.0. The summed E-state index contributed by atoms with van der Waals surface area (Å²) in [5, 5.41) is 17.6. The van der Waals surface area contributed by atoms with Crippen molar-refractivity contribution < 1.29 is 9.90 Å². The van der Waals surface area contributed by atoms with Crippen molar-refractivity contribution in [2.75, 3.05) is 13.1 Å². The molecule has 6 nitrogen and oxygen atoms in total. The van der Waals surface area contributed by atoms with Crippen molar-refractivity contribution in [3.05, 3.63) is 46.7 Å². The van der Waals surface area contributed by atoms with Crippen LogP contribution in [-0.4, -0.2) is 44.0 Å². The van der Waals surface area contributed by atoms with Gasteiger partial charge in [0, 0.05) is 18.1 Å². The smallest absolute Gasteiger partial charge is 0.227 e. The third-order valence-electron chi connectivity index (χ3n) is 3.88. The maximum atomic E-state index is 12.3. The third-order valence-corrected chi connectivity index (χ3v) is 4.13. The minimum absolute atomic E-state index is 0.104. The number of aromatic nitrogens is 3. The number of carbonyl (C=O) groups excluding carboxylic acids is 1. The van der Waals surface area contributed by atoms with Crippen molar-refractivity contribution in [2.45, 2.75) is 25.5 Å². The second-order valence-electron chi connectivity index (χ2n) is 5.43. The van der Waals surface area contributed by atoms with Gasteiger partial charge in [0.1, 0.15) is 5.69 Å². The van der Waals surface area contributed by atoms with E-state index < -0.39 is 0 Å². The van der Waals surface area contributed by atoms with Crippen LogP contribution in [-0.2, 0) is 17.8 Å². The van der Waals surface area contributed by atoms with Crippen LogP contribution in [0.15, 0.2) is 30.5 Å². The lowest BCUT2D eigenvalue weighted by Crippen LogP contribution is -2.30. The van der Waals surface area contributed by atoms with Crippen molar-refractivity contribution in [3.8, 4) is 0 Å². The molecule has 116 valence electrons. The maximum absolute atomic E-state index is 12.3. The Morgan fingerprint density at radius 3 is 2.82 bits per heavy atom. The first-order valence-corrected chi connectivity index (χ1v) is 7.57. The lowest BCUT2D eigenvalue weighted by Gasteiger charge is -2.16. The molecule has 0 saturated carbocycles. The topological polar surface area (TPSA) is 71.2 Å². The number of aliphatic hydroxyl groups is 1. The Hall–Kier alpha value is -1.92. The fourth-order valence-corrected chi connectivity index (χ4v) is 2.76. The molecule has 1 saturated heterocycles. The van der Waals surface area contributed by atoms with Crippen LogP contribution in [0.4, 0.5) is 0 Å². The molecule has 1 fully saturated rings. The summed E-state index contributed by atoms with van der Waals surface area (Å²) in [6, 6.07) is 7.46. The van der Waals surface area contributed by atoms with Crippen LogP contribution in [0, 0.1) is 0 Å². The summed E-state index contributed by atoms with van der Waals surface area (Å²) in [5.41, 5.74) is 1.51. The first-order valence-electron chi connectivity index (χ1n) is 7.19. The van der Waals surface area contributed by atoms with E-state index in [-0.39, 0.29) is 18.6 Å². The summed E-state index contributed by atoms with van der Waals surface area (Å²) < 4.78 is 1.74. The summed E-state index contributed by atoms with van der Waals surface area (Å²) in [6.07, 6.45) is 2.96. The Morgan fingerprint density at radius 1 is 1.36 bits per heavy atom. The highest BCUT2D eigenvalue weighted by Gasteiger charge is 2.28. The monoisotopic (exact) mass is 320 g/mol. The van der Waals surface area contributed by atoms with E-state index >= 15 is 0 Å². The van der Waals surface area contributed by atoms with Gasteiger partial charge in [-0.3, -0.25) is 4.79 Å². The Balaban J connectivity index is 1.59. The summed E-state index contributed by atoms with van der Waals surface area (Å²) in [6.45, 7) is 1.22. The molecule has 3 rings (SSSR count). The molecule has 1 atom stereocenters. The van der Waals surface area contributed by atoms with Crippen LogP contribution >= 0.6 is 11.6 Å². The Bertz CT molecular complexity index is 656. The van der Waals surface area contributed by atoms with Crippen LogP contribution in [0.5, 0.6) is 0 Å². The second-order valence-corrected chi connectivity index (χ2v) is 5.87. The zero-order valence-corrected chi connectivity index (χ0v) is 12.8. The first-order chi connectivity index (χ1) is 10.7. The highest BCUT2D eigenvalue weighted by molar-refractivity contribution is 6.30. The Kier molecular flexibility index (Phi) is 4.40. The molecular formula is C15H17ClN4O2. The molecule has 0 spiro atoms. The van der Waals surface area contributed by atoms with Gasteiger partial charge in [-0.25, -0.2) is 4.68 Å². The van der Waals surface area contributed by atoms with Crippen LogP contribution in [0.3, 0.4) is 0 Å². The number of nitrogens with zero attached hydrogens (tertiary/aromatic N) is 4. The second kappa shape index (κ2) is 6.46. The van der Waals surface area contributed by atoms with Crippen LogP contribution in [0.2, 0.25) is 5.02 Å². The van der Waals surface area contributed by atoms with Gasteiger partial charge < -0.3 is 10.0 Å². The fourth-order valence-electron chi connectivity index (χ4n) is 2.64. The van der Waals surface area contributed by atoms with E-state index in [0.29, 0.717) is 30.2 Å². The van der Waals surface area contributed by atoms with Gasteiger partial charge in [0.15, 0.2) is 0 Å². The number of hydrogen-bond acceptors (Lipinski definition) is 4. The van der Waals surface area contributed by atoms with Gasteiger partial charge in [0.2, 0.25) is 5.91 Å². The van der Waals surface area contributed by atoms with Crippen LogP contribution < -0.4 is 0 Å². The molecule has 1 aromatic carbocycles. The molecular weight excluding hydrogens is 304 g/mol. The molecule has 1 N–H and O–H groups in total. The SMILES string of the molecule is O=C(Cc1ccc(Cl)cc1)N1CCC(n2cc(CO)nn2)C1. The van der Waals surface area contributed by atoms with Gasteiger partial charge in [-0.2, -0.15) is 0 Å². The molecule has 0 radical (unpaired) electrons. The summed E-state index contributed by atoms with van der Waals surface area (Å²) in [4.78, 5) is 14.2. The maximum Gasteiger partial charge on any atom is 0.227 e.